The number of pyridine rings is 1. The summed E-state index contributed by atoms with van der Waals surface area (Å²) in [6.45, 7) is 2.28. The van der Waals surface area contributed by atoms with Crippen molar-refractivity contribution < 1.29 is 17.9 Å². The van der Waals surface area contributed by atoms with Gasteiger partial charge in [-0.15, -0.1) is 0 Å². The summed E-state index contributed by atoms with van der Waals surface area (Å²) in [4.78, 5) is 16.7. The molecule has 150 valence electrons. The average molecular weight is 404 g/mol. The SMILES string of the molecule is CCOc1cncc(NS(=O)(=O)c2ccccc2C(=O)NC2CCCCC2)c1. The van der Waals surface area contributed by atoms with Crippen LogP contribution in [0.4, 0.5) is 5.69 Å². The maximum Gasteiger partial charge on any atom is 0.262 e. The van der Waals surface area contributed by atoms with Crippen LogP contribution in [0.2, 0.25) is 0 Å². The van der Waals surface area contributed by atoms with Crippen molar-refractivity contribution in [2.45, 2.75) is 50.0 Å². The molecule has 0 radical (unpaired) electrons. The van der Waals surface area contributed by atoms with Gasteiger partial charge in [0, 0.05) is 12.1 Å². The molecule has 0 spiro atoms. The molecular weight excluding hydrogens is 378 g/mol. The van der Waals surface area contributed by atoms with E-state index >= 15 is 0 Å². The Morgan fingerprint density at radius 2 is 1.93 bits per heavy atom. The molecular formula is C20H25N3O4S. The predicted molar refractivity (Wildman–Crippen MR) is 107 cm³/mol. The number of hydrogen-bond donors (Lipinski definition) is 2. The largest absolute Gasteiger partial charge is 0.492 e. The molecule has 0 unspecified atom stereocenters. The van der Waals surface area contributed by atoms with Crippen LogP contribution in [0.5, 0.6) is 5.75 Å². The summed E-state index contributed by atoms with van der Waals surface area (Å²) in [6.07, 6.45) is 8.09. The minimum Gasteiger partial charge on any atom is -0.492 e. The minimum absolute atomic E-state index is 0.0647. The number of anilines is 1. The Balaban J connectivity index is 1.82. The highest BCUT2D eigenvalue weighted by molar-refractivity contribution is 7.92. The van der Waals surface area contributed by atoms with Gasteiger partial charge < -0.3 is 10.1 Å². The van der Waals surface area contributed by atoms with E-state index < -0.39 is 10.0 Å². The normalized spacial score (nSPS) is 15.0. The van der Waals surface area contributed by atoms with Crippen LogP contribution in [0.1, 0.15) is 49.4 Å². The van der Waals surface area contributed by atoms with E-state index in [0.717, 1.165) is 25.7 Å². The predicted octanol–water partition coefficient (Wildman–Crippen LogP) is 3.34. The van der Waals surface area contributed by atoms with Crippen LogP contribution < -0.4 is 14.8 Å². The van der Waals surface area contributed by atoms with Gasteiger partial charge >= 0.3 is 0 Å². The van der Waals surface area contributed by atoms with Gasteiger partial charge in [0.25, 0.3) is 15.9 Å². The highest BCUT2D eigenvalue weighted by Gasteiger charge is 2.24. The van der Waals surface area contributed by atoms with Gasteiger partial charge in [-0.1, -0.05) is 31.4 Å². The fourth-order valence-electron chi connectivity index (χ4n) is 3.33. The van der Waals surface area contributed by atoms with E-state index in [2.05, 4.69) is 15.0 Å². The molecule has 1 saturated carbocycles. The second-order valence-corrected chi connectivity index (χ2v) is 8.40. The summed E-state index contributed by atoms with van der Waals surface area (Å²) in [5.41, 5.74) is 0.405. The van der Waals surface area contributed by atoms with Gasteiger partial charge in [0.15, 0.2) is 0 Å². The number of sulfonamides is 1. The van der Waals surface area contributed by atoms with Crippen molar-refractivity contribution in [2.24, 2.45) is 0 Å². The van der Waals surface area contributed by atoms with E-state index in [1.165, 1.54) is 30.9 Å². The number of hydrogen-bond acceptors (Lipinski definition) is 5. The summed E-state index contributed by atoms with van der Waals surface area (Å²) < 4.78 is 33.7. The molecule has 0 aliphatic heterocycles. The van der Waals surface area contributed by atoms with Crippen molar-refractivity contribution in [2.75, 3.05) is 11.3 Å². The molecule has 1 aliphatic carbocycles. The molecule has 1 aromatic carbocycles. The Morgan fingerprint density at radius 1 is 1.18 bits per heavy atom. The fraction of sp³-hybridized carbons (Fsp3) is 0.400. The van der Waals surface area contributed by atoms with Crippen molar-refractivity contribution in [1.82, 2.24) is 10.3 Å². The quantitative estimate of drug-likeness (QED) is 0.739. The lowest BCUT2D eigenvalue weighted by molar-refractivity contribution is 0.0924. The molecule has 0 atom stereocenters. The topological polar surface area (TPSA) is 97.4 Å². The third-order valence-electron chi connectivity index (χ3n) is 4.64. The first kappa shape index (κ1) is 20.1. The first-order valence-electron chi connectivity index (χ1n) is 9.50. The van der Waals surface area contributed by atoms with Crippen molar-refractivity contribution in [3.05, 3.63) is 48.3 Å². The van der Waals surface area contributed by atoms with E-state index in [9.17, 15) is 13.2 Å². The molecule has 2 aromatic rings. The second-order valence-electron chi connectivity index (χ2n) is 6.75. The lowest BCUT2D eigenvalue weighted by Gasteiger charge is -2.23. The van der Waals surface area contributed by atoms with Crippen molar-refractivity contribution in [1.29, 1.82) is 0 Å². The molecule has 1 amide bonds. The second kappa shape index (κ2) is 9.05. The first-order valence-corrected chi connectivity index (χ1v) is 11.0. The highest BCUT2D eigenvalue weighted by atomic mass is 32.2. The molecule has 1 aromatic heterocycles. The summed E-state index contributed by atoms with van der Waals surface area (Å²) >= 11 is 0. The Hall–Kier alpha value is -2.61. The Bertz CT molecular complexity index is 925. The van der Waals surface area contributed by atoms with Crippen LogP contribution in [0.25, 0.3) is 0 Å². The number of carbonyl (C=O) groups excluding carboxylic acids is 1. The van der Waals surface area contributed by atoms with E-state index in [0.29, 0.717) is 12.4 Å². The lowest BCUT2D eigenvalue weighted by Crippen LogP contribution is -2.37. The third-order valence-corrected chi connectivity index (χ3v) is 6.08. The van der Waals surface area contributed by atoms with Crippen molar-refractivity contribution in [3.8, 4) is 5.75 Å². The summed E-state index contributed by atoms with van der Waals surface area (Å²) in [6, 6.07) is 7.86. The molecule has 0 saturated heterocycles. The number of ether oxygens (including phenoxy) is 1. The van der Waals surface area contributed by atoms with Crippen LogP contribution in [-0.2, 0) is 10.0 Å². The molecule has 0 bridgehead atoms. The molecule has 7 nitrogen and oxygen atoms in total. The smallest absolute Gasteiger partial charge is 0.262 e. The van der Waals surface area contributed by atoms with Crippen LogP contribution >= 0.6 is 0 Å². The molecule has 8 heteroatoms. The van der Waals surface area contributed by atoms with Crippen molar-refractivity contribution >= 4 is 21.6 Å². The van der Waals surface area contributed by atoms with Crippen LogP contribution in [0.15, 0.2) is 47.6 Å². The number of nitrogens with zero attached hydrogens (tertiary/aromatic N) is 1. The number of nitrogens with one attached hydrogen (secondary N) is 2. The van der Waals surface area contributed by atoms with E-state index in [-0.39, 0.29) is 28.1 Å². The Kier molecular flexibility index (Phi) is 6.51. The standard InChI is InChI=1S/C20H25N3O4S/c1-2-27-17-12-16(13-21-14-17)23-28(25,26)19-11-7-6-10-18(19)20(24)22-15-8-4-3-5-9-15/h6-7,10-15,23H,2-5,8-9H2,1H3,(H,22,24). The third kappa shape index (κ3) is 5.01. The molecule has 3 rings (SSSR count). The van der Waals surface area contributed by atoms with Gasteiger partial charge in [-0.3, -0.25) is 14.5 Å². The van der Waals surface area contributed by atoms with Gasteiger partial charge in [0.2, 0.25) is 0 Å². The Labute approximate surface area is 165 Å². The minimum atomic E-state index is -3.97. The monoisotopic (exact) mass is 403 g/mol. The number of benzene rings is 1. The zero-order chi connectivity index (χ0) is 20.0. The van der Waals surface area contributed by atoms with Gasteiger partial charge in [-0.25, -0.2) is 8.42 Å². The van der Waals surface area contributed by atoms with Crippen LogP contribution in [-0.4, -0.2) is 32.0 Å². The maximum atomic E-state index is 12.9. The van der Waals surface area contributed by atoms with Gasteiger partial charge in [-0.05, 0) is 31.9 Å². The highest BCUT2D eigenvalue weighted by Crippen LogP contribution is 2.23. The fourth-order valence-corrected chi connectivity index (χ4v) is 4.57. The number of amides is 1. The van der Waals surface area contributed by atoms with Crippen LogP contribution in [0.3, 0.4) is 0 Å². The summed E-state index contributed by atoms with van der Waals surface area (Å²) in [5.74, 6) is 0.0973. The van der Waals surface area contributed by atoms with E-state index in [4.69, 9.17) is 4.74 Å². The molecule has 1 heterocycles. The number of carbonyl (C=O) groups is 1. The van der Waals surface area contributed by atoms with E-state index in [1.807, 2.05) is 6.92 Å². The van der Waals surface area contributed by atoms with Crippen molar-refractivity contribution in [3.63, 3.8) is 0 Å². The van der Waals surface area contributed by atoms with Gasteiger partial charge in [0.05, 0.1) is 30.3 Å². The molecule has 1 fully saturated rings. The van der Waals surface area contributed by atoms with E-state index in [1.54, 1.807) is 18.2 Å². The molecule has 28 heavy (non-hydrogen) atoms. The zero-order valence-corrected chi connectivity index (χ0v) is 16.7. The maximum absolute atomic E-state index is 12.9. The van der Waals surface area contributed by atoms with Gasteiger partial charge in [0.1, 0.15) is 10.6 Å². The zero-order valence-electron chi connectivity index (χ0n) is 15.8. The average Bonchev–Trinajstić information content (AvgIpc) is 2.69. The lowest BCUT2D eigenvalue weighted by atomic mass is 9.95. The van der Waals surface area contributed by atoms with Gasteiger partial charge in [-0.2, -0.15) is 0 Å². The molecule has 2 N–H and O–H groups in total. The van der Waals surface area contributed by atoms with Crippen LogP contribution in [0, 0.1) is 0 Å². The first-order chi connectivity index (χ1) is 13.5. The number of aromatic nitrogens is 1. The summed E-state index contributed by atoms with van der Waals surface area (Å²) in [5, 5.41) is 2.97. The summed E-state index contributed by atoms with van der Waals surface area (Å²) in [7, 11) is -3.97. The molecule has 1 aliphatic rings. The Morgan fingerprint density at radius 3 is 2.68 bits per heavy atom. The number of rotatable bonds is 7.